The second-order valence-corrected chi connectivity index (χ2v) is 8.06. The molecule has 0 spiro atoms. The molecule has 0 aromatic heterocycles. The van der Waals surface area contributed by atoms with Gasteiger partial charge in [0.1, 0.15) is 0 Å². The fraction of sp³-hybridized carbons (Fsp3) is 0.600. The number of rotatable bonds is 5. The van der Waals surface area contributed by atoms with Crippen molar-refractivity contribution in [3.05, 3.63) is 29.8 Å². The first-order valence-corrected chi connectivity index (χ1v) is 9.37. The van der Waals surface area contributed by atoms with Gasteiger partial charge in [0, 0.05) is 45.0 Å². The van der Waals surface area contributed by atoms with Gasteiger partial charge in [-0.15, -0.1) is 0 Å². The summed E-state index contributed by atoms with van der Waals surface area (Å²) in [6.07, 6.45) is 0. The average Bonchev–Trinajstić information content (AvgIpc) is 2.61. The van der Waals surface area contributed by atoms with Crippen LogP contribution in [-0.2, 0) is 14.3 Å². The molecule has 1 saturated heterocycles. The van der Waals surface area contributed by atoms with Gasteiger partial charge < -0.3 is 20.3 Å². The Morgan fingerprint density at radius 2 is 1.70 bits per heavy atom. The largest absolute Gasteiger partial charge is 0.379 e. The van der Waals surface area contributed by atoms with E-state index in [1.54, 1.807) is 0 Å². The molecule has 7 nitrogen and oxygen atoms in total. The van der Waals surface area contributed by atoms with Gasteiger partial charge in [0.25, 0.3) is 0 Å². The standard InChI is InChI=1S/C20H32N4O3/c1-20(2,3)22-19(26)18(25)21-14-17(24-10-12-27-13-11-24)15-6-8-16(9-7-15)23(4)5/h6-9,17H,10-14H2,1-5H3,(H,21,25)(H,22,26)/t17-/m1/s1. The number of hydrogen-bond acceptors (Lipinski definition) is 5. The van der Waals surface area contributed by atoms with Gasteiger partial charge in [-0.05, 0) is 38.5 Å². The molecule has 1 aliphatic rings. The van der Waals surface area contributed by atoms with Crippen molar-refractivity contribution >= 4 is 17.5 Å². The molecule has 2 rings (SSSR count). The molecule has 1 aromatic carbocycles. The minimum atomic E-state index is -0.605. The van der Waals surface area contributed by atoms with E-state index in [2.05, 4.69) is 39.8 Å². The molecule has 2 N–H and O–H groups in total. The summed E-state index contributed by atoms with van der Waals surface area (Å²) in [5, 5.41) is 5.49. The van der Waals surface area contributed by atoms with Gasteiger partial charge in [0.05, 0.1) is 19.3 Å². The van der Waals surface area contributed by atoms with E-state index in [4.69, 9.17) is 4.74 Å². The van der Waals surface area contributed by atoms with E-state index in [1.807, 2.05) is 39.8 Å². The zero-order chi connectivity index (χ0) is 20.0. The summed E-state index contributed by atoms with van der Waals surface area (Å²) in [7, 11) is 4.00. The van der Waals surface area contributed by atoms with Crippen LogP contribution >= 0.6 is 0 Å². The fourth-order valence-corrected chi connectivity index (χ4v) is 3.01. The molecular formula is C20H32N4O3. The summed E-state index contributed by atoms with van der Waals surface area (Å²) < 4.78 is 5.46. The summed E-state index contributed by atoms with van der Waals surface area (Å²) in [4.78, 5) is 28.6. The first kappa shape index (κ1) is 21.2. The summed E-state index contributed by atoms with van der Waals surface area (Å²) in [6, 6.07) is 8.29. The summed E-state index contributed by atoms with van der Waals surface area (Å²) >= 11 is 0. The van der Waals surface area contributed by atoms with Gasteiger partial charge >= 0.3 is 11.8 Å². The number of carbonyl (C=O) groups is 2. The lowest BCUT2D eigenvalue weighted by atomic mass is 10.0. The normalized spacial score (nSPS) is 16.5. The van der Waals surface area contributed by atoms with E-state index >= 15 is 0 Å². The molecule has 1 heterocycles. The Labute approximate surface area is 162 Å². The van der Waals surface area contributed by atoms with Crippen LogP contribution in [0, 0.1) is 0 Å². The van der Waals surface area contributed by atoms with Crippen molar-refractivity contribution < 1.29 is 14.3 Å². The Balaban J connectivity index is 2.08. The van der Waals surface area contributed by atoms with Gasteiger partial charge in [-0.1, -0.05) is 12.1 Å². The average molecular weight is 377 g/mol. The lowest BCUT2D eigenvalue weighted by molar-refractivity contribution is -0.140. The number of nitrogens with zero attached hydrogens (tertiary/aromatic N) is 2. The highest BCUT2D eigenvalue weighted by Crippen LogP contribution is 2.23. The summed E-state index contributed by atoms with van der Waals surface area (Å²) in [5.74, 6) is -1.21. The molecule has 2 amide bonds. The van der Waals surface area contributed by atoms with Crippen molar-refractivity contribution in [1.29, 1.82) is 0 Å². The number of benzene rings is 1. The highest BCUT2D eigenvalue weighted by atomic mass is 16.5. The molecule has 150 valence electrons. The van der Waals surface area contributed by atoms with E-state index < -0.39 is 17.4 Å². The predicted octanol–water partition coefficient (Wildman–Crippen LogP) is 1.16. The molecule has 1 aliphatic heterocycles. The number of carbonyl (C=O) groups excluding carboxylic acids is 2. The lowest BCUT2D eigenvalue weighted by Gasteiger charge is -2.35. The second-order valence-electron chi connectivity index (χ2n) is 8.06. The number of amides is 2. The molecule has 7 heteroatoms. The molecule has 1 atom stereocenters. The third-order valence-electron chi connectivity index (χ3n) is 4.43. The van der Waals surface area contributed by atoms with Crippen LogP contribution < -0.4 is 15.5 Å². The van der Waals surface area contributed by atoms with Gasteiger partial charge in [-0.3, -0.25) is 14.5 Å². The highest BCUT2D eigenvalue weighted by molar-refractivity contribution is 6.35. The van der Waals surface area contributed by atoms with Crippen LogP contribution in [0.3, 0.4) is 0 Å². The van der Waals surface area contributed by atoms with Crippen LogP contribution in [0.4, 0.5) is 5.69 Å². The second kappa shape index (κ2) is 9.19. The molecular weight excluding hydrogens is 344 g/mol. The number of morpholine rings is 1. The Kier molecular flexibility index (Phi) is 7.21. The SMILES string of the molecule is CN(C)c1ccc([C@@H](CNC(=O)C(=O)NC(C)(C)C)N2CCOCC2)cc1. The Morgan fingerprint density at radius 1 is 1.11 bits per heavy atom. The predicted molar refractivity (Wildman–Crippen MR) is 107 cm³/mol. The molecule has 1 fully saturated rings. The highest BCUT2D eigenvalue weighted by Gasteiger charge is 2.25. The van der Waals surface area contributed by atoms with E-state index in [9.17, 15) is 9.59 Å². The third-order valence-corrected chi connectivity index (χ3v) is 4.43. The number of anilines is 1. The maximum absolute atomic E-state index is 12.2. The number of nitrogens with one attached hydrogen (secondary N) is 2. The van der Waals surface area contributed by atoms with Crippen molar-refractivity contribution in [2.45, 2.75) is 32.4 Å². The summed E-state index contributed by atoms with van der Waals surface area (Å²) in [5.41, 5.74) is 1.78. The molecule has 0 bridgehead atoms. The topological polar surface area (TPSA) is 73.9 Å². The molecule has 0 radical (unpaired) electrons. The monoisotopic (exact) mass is 376 g/mol. The minimum Gasteiger partial charge on any atom is -0.379 e. The van der Waals surface area contributed by atoms with Crippen molar-refractivity contribution in [2.75, 3.05) is 51.8 Å². The van der Waals surface area contributed by atoms with E-state index in [-0.39, 0.29) is 6.04 Å². The zero-order valence-electron chi connectivity index (χ0n) is 17.0. The van der Waals surface area contributed by atoms with Gasteiger partial charge in [-0.2, -0.15) is 0 Å². The molecule has 0 saturated carbocycles. The van der Waals surface area contributed by atoms with Crippen LogP contribution in [0.1, 0.15) is 32.4 Å². The maximum Gasteiger partial charge on any atom is 0.309 e. The van der Waals surface area contributed by atoms with Gasteiger partial charge in [0.15, 0.2) is 0 Å². The van der Waals surface area contributed by atoms with Crippen molar-refractivity contribution in [1.82, 2.24) is 15.5 Å². The molecule has 27 heavy (non-hydrogen) atoms. The quantitative estimate of drug-likeness (QED) is 0.755. The first-order chi connectivity index (χ1) is 12.7. The van der Waals surface area contributed by atoms with Gasteiger partial charge in [-0.25, -0.2) is 0 Å². The van der Waals surface area contributed by atoms with Crippen LogP contribution in [-0.4, -0.2) is 69.2 Å². The zero-order valence-corrected chi connectivity index (χ0v) is 17.0. The Morgan fingerprint density at radius 3 is 2.22 bits per heavy atom. The molecule has 0 unspecified atom stereocenters. The first-order valence-electron chi connectivity index (χ1n) is 9.37. The van der Waals surface area contributed by atoms with Crippen molar-refractivity contribution in [3.8, 4) is 0 Å². The van der Waals surface area contributed by atoms with E-state index in [1.165, 1.54) is 0 Å². The van der Waals surface area contributed by atoms with Crippen LogP contribution in [0.15, 0.2) is 24.3 Å². The maximum atomic E-state index is 12.2. The number of hydrogen-bond donors (Lipinski definition) is 2. The van der Waals surface area contributed by atoms with Crippen LogP contribution in [0.5, 0.6) is 0 Å². The summed E-state index contributed by atoms with van der Waals surface area (Å²) in [6.45, 7) is 8.85. The third kappa shape index (κ3) is 6.52. The van der Waals surface area contributed by atoms with E-state index in [0.29, 0.717) is 19.8 Å². The van der Waals surface area contributed by atoms with Crippen LogP contribution in [0.2, 0.25) is 0 Å². The fourth-order valence-electron chi connectivity index (χ4n) is 3.01. The van der Waals surface area contributed by atoms with Crippen LogP contribution in [0.25, 0.3) is 0 Å². The molecule has 1 aromatic rings. The van der Waals surface area contributed by atoms with Crippen molar-refractivity contribution in [2.24, 2.45) is 0 Å². The smallest absolute Gasteiger partial charge is 0.309 e. The van der Waals surface area contributed by atoms with Crippen molar-refractivity contribution in [3.63, 3.8) is 0 Å². The molecule has 0 aliphatic carbocycles. The number of ether oxygens (including phenoxy) is 1. The lowest BCUT2D eigenvalue weighted by Crippen LogP contribution is -2.50. The Hall–Kier alpha value is -2.12. The van der Waals surface area contributed by atoms with E-state index in [0.717, 1.165) is 24.3 Å². The minimum absolute atomic E-state index is 0.00324. The van der Waals surface area contributed by atoms with Gasteiger partial charge in [0.2, 0.25) is 0 Å². The Bertz CT molecular complexity index is 632.